The van der Waals surface area contributed by atoms with Crippen LogP contribution < -0.4 is 0 Å². The Balaban J connectivity index is 3.90. The van der Waals surface area contributed by atoms with Crippen LogP contribution >= 0.6 is 11.8 Å². The topological polar surface area (TPSA) is 46.6 Å². The Morgan fingerprint density at radius 3 is 2.41 bits per heavy atom. The van der Waals surface area contributed by atoms with Gasteiger partial charge in [0.15, 0.2) is 0 Å². The van der Waals surface area contributed by atoms with Gasteiger partial charge in [-0.2, -0.15) is 0 Å². The fourth-order valence-electron chi connectivity index (χ4n) is 1.22. The van der Waals surface area contributed by atoms with Crippen molar-refractivity contribution in [2.75, 3.05) is 31.2 Å². The van der Waals surface area contributed by atoms with Gasteiger partial charge in [-0.25, -0.2) is 0 Å². The molecule has 5 heteroatoms. The van der Waals surface area contributed by atoms with Crippen molar-refractivity contribution in [1.82, 2.24) is 4.90 Å². The normalized spacial score (nSPS) is 9.82. The van der Waals surface area contributed by atoms with E-state index in [1.165, 1.54) is 11.8 Å². The van der Waals surface area contributed by atoms with Crippen molar-refractivity contribution in [1.29, 1.82) is 0 Å². The number of amides is 1. The van der Waals surface area contributed by atoms with Gasteiger partial charge in [0.05, 0.1) is 18.1 Å². The third kappa shape index (κ3) is 7.85. The predicted octanol–water partition coefficient (Wildman–Crippen LogP) is 1.71. The number of ether oxygens (including phenoxy) is 1. The quantitative estimate of drug-likeness (QED) is 0.492. The van der Waals surface area contributed by atoms with Crippen LogP contribution in [0, 0.1) is 0 Å². The monoisotopic (exact) mass is 259 g/mol. The summed E-state index contributed by atoms with van der Waals surface area (Å²) in [6.07, 6.45) is 0. The van der Waals surface area contributed by atoms with Crippen LogP contribution in [-0.4, -0.2) is 48.0 Å². The summed E-state index contributed by atoms with van der Waals surface area (Å²) in [5.41, 5.74) is 0.954. The van der Waals surface area contributed by atoms with E-state index < -0.39 is 0 Å². The number of hydrogen-bond acceptors (Lipinski definition) is 4. The molecule has 4 nitrogen and oxygen atoms in total. The minimum atomic E-state index is -0.270. The number of thioether (sulfide) groups is 1. The maximum absolute atomic E-state index is 11.8. The molecule has 0 aromatic carbocycles. The fraction of sp³-hybridized carbons (Fsp3) is 0.667. The second-order valence-corrected chi connectivity index (χ2v) is 4.65. The summed E-state index contributed by atoms with van der Waals surface area (Å²) >= 11 is 1.28. The van der Waals surface area contributed by atoms with Gasteiger partial charge in [0, 0.05) is 13.1 Å². The molecule has 98 valence electrons. The van der Waals surface area contributed by atoms with Crippen LogP contribution in [0.15, 0.2) is 12.2 Å². The Bertz CT molecular complexity index is 279. The maximum atomic E-state index is 11.8. The van der Waals surface area contributed by atoms with E-state index in [1.54, 1.807) is 11.8 Å². The van der Waals surface area contributed by atoms with Crippen LogP contribution in [0.2, 0.25) is 0 Å². The SMILES string of the molecule is C=C(C)CN(CC)C(=O)CSCC(=O)OCC. The first-order valence-corrected chi connectivity index (χ1v) is 6.82. The molecule has 0 rings (SSSR count). The lowest BCUT2D eigenvalue weighted by atomic mass is 10.3. The van der Waals surface area contributed by atoms with E-state index in [2.05, 4.69) is 6.58 Å². The second-order valence-electron chi connectivity index (χ2n) is 3.66. The number of nitrogens with zero attached hydrogens (tertiary/aromatic N) is 1. The summed E-state index contributed by atoms with van der Waals surface area (Å²) in [5, 5.41) is 0. The zero-order valence-corrected chi connectivity index (χ0v) is 11.6. The molecular formula is C12H21NO3S. The minimum absolute atomic E-state index is 0.0322. The Morgan fingerprint density at radius 1 is 1.29 bits per heavy atom. The molecule has 0 saturated carbocycles. The van der Waals surface area contributed by atoms with E-state index in [-0.39, 0.29) is 17.6 Å². The van der Waals surface area contributed by atoms with Crippen LogP contribution in [0.5, 0.6) is 0 Å². The smallest absolute Gasteiger partial charge is 0.315 e. The zero-order chi connectivity index (χ0) is 13.3. The molecule has 0 aromatic rings. The summed E-state index contributed by atoms with van der Waals surface area (Å²) in [6, 6.07) is 0. The molecule has 0 heterocycles. The van der Waals surface area contributed by atoms with Gasteiger partial charge in [0.2, 0.25) is 5.91 Å². The number of carbonyl (C=O) groups excluding carboxylic acids is 2. The summed E-state index contributed by atoms with van der Waals surface area (Å²) in [5.74, 6) is 0.294. The Morgan fingerprint density at radius 2 is 1.94 bits per heavy atom. The zero-order valence-electron chi connectivity index (χ0n) is 10.8. The minimum Gasteiger partial charge on any atom is -0.465 e. The van der Waals surface area contributed by atoms with Crippen molar-refractivity contribution in [2.45, 2.75) is 20.8 Å². The molecule has 0 aliphatic carbocycles. The van der Waals surface area contributed by atoms with Crippen LogP contribution in [0.3, 0.4) is 0 Å². The van der Waals surface area contributed by atoms with Crippen molar-refractivity contribution in [3.8, 4) is 0 Å². The highest BCUT2D eigenvalue weighted by Gasteiger charge is 2.12. The lowest BCUT2D eigenvalue weighted by molar-refractivity contribution is -0.139. The van der Waals surface area contributed by atoms with E-state index in [9.17, 15) is 9.59 Å². The summed E-state index contributed by atoms with van der Waals surface area (Å²) < 4.78 is 4.78. The van der Waals surface area contributed by atoms with E-state index in [0.717, 1.165) is 5.57 Å². The number of carbonyl (C=O) groups is 2. The highest BCUT2D eigenvalue weighted by Crippen LogP contribution is 2.05. The van der Waals surface area contributed by atoms with Gasteiger partial charge in [-0.05, 0) is 20.8 Å². The van der Waals surface area contributed by atoms with Crippen molar-refractivity contribution in [2.24, 2.45) is 0 Å². The average Bonchev–Trinajstić information content (AvgIpc) is 2.25. The molecule has 17 heavy (non-hydrogen) atoms. The highest BCUT2D eigenvalue weighted by molar-refractivity contribution is 8.00. The van der Waals surface area contributed by atoms with Gasteiger partial charge in [-0.3, -0.25) is 9.59 Å². The molecule has 0 radical (unpaired) electrons. The van der Waals surface area contributed by atoms with E-state index in [1.807, 2.05) is 13.8 Å². The predicted molar refractivity (Wildman–Crippen MR) is 71.0 cm³/mol. The number of rotatable bonds is 8. The number of esters is 1. The molecule has 1 amide bonds. The molecule has 0 aliphatic rings. The maximum Gasteiger partial charge on any atom is 0.315 e. The van der Waals surface area contributed by atoms with E-state index >= 15 is 0 Å². The number of hydrogen-bond donors (Lipinski definition) is 0. The average molecular weight is 259 g/mol. The first kappa shape index (κ1) is 16.0. The second kappa shape index (κ2) is 9.10. The molecular weight excluding hydrogens is 238 g/mol. The molecule has 0 spiro atoms. The third-order valence-electron chi connectivity index (χ3n) is 1.95. The molecule has 0 saturated heterocycles. The van der Waals surface area contributed by atoms with Gasteiger partial charge in [-0.1, -0.05) is 12.2 Å². The van der Waals surface area contributed by atoms with Crippen molar-refractivity contribution >= 4 is 23.6 Å². The summed E-state index contributed by atoms with van der Waals surface area (Å²) in [4.78, 5) is 24.5. The van der Waals surface area contributed by atoms with E-state index in [0.29, 0.717) is 25.4 Å². The van der Waals surface area contributed by atoms with Crippen LogP contribution in [-0.2, 0) is 14.3 Å². The molecule has 0 aliphatic heterocycles. The van der Waals surface area contributed by atoms with Gasteiger partial charge >= 0.3 is 5.97 Å². The lowest BCUT2D eigenvalue weighted by Gasteiger charge is -2.20. The molecule has 0 bridgehead atoms. The molecule has 0 fully saturated rings. The molecule has 0 N–H and O–H groups in total. The van der Waals surface area contributed by atoms with Crippen molar-refractivity contribution in [3.05, 3.63) is 12.2 Å². The van der Waals surface area contributed by atoms with Crippen LogP contribution in [0.1, 0.15) is 20.8 Å². The first-order valence-electron chi connectivity index (χ1n) is 5.66. The fourth-order valence-corrected chi connectivity index (χ4v) is 1.93. The lowest BCUT2D eigenvalue weighted by Crippen LogP contribution is -2.33. The number of likely N-dealkylation sites (N-methyl/N-ethyl adjacent to an activating group) is 1. The van der Waals surface area contributed by atoms with Gasteiger partial charge in [-0.15, -0.1) is 11.8 Å². The van der Waals surface area contributed by atoms with Crippen molar-refractivity contribution in [3.63, 3.8) is 0 Å². The standard InChI is InChI=1S/C12H21NO3S/c1-5-13(7-10(3)4)11(14)8-17-9-12(15)16-6-2/h3,5-9H2,1-2,4H3. The molecule has 0 aromatic heterocycles. The Hall–Kier alpha value is -0.970. The summed E-state index contributed by atoms with van der Waals surface area (Å²) in [6.45, 7) is 11.0. The van der Waals surface area contributed by atoms with Crippen LogP contribution in [0.25, 0.3) is 0 Å². The van der Waals surface area contributed by atoms with Gasteiger partial charge in [0.25, 0.3) is 0 Å². The largest absolute Gasteiger partial charge is 0.465 e. The first-order chi connectivity index (χ1) is 8.01. The molecule has 0 atom stereocenters. The Kier molecular flexibility index (Phi) is 8.58. The third-order valence-corrected chi connectivity index (χ3v) is 2.84. The summed E-state index contributed by atoms with van der Waals surface area (Å²) in [7, 11) is 0. The van der Waals surface area contributed by atoms with Gasteiger partial charge < -0.3 is 9.64 Å². The van der Waals surface area contributed by atoms with Crippen molar-refractivity contribution < 1.29 is 14.3 Å². The Labute approximate surface area is 107 Å². The van der Waals surface area contributed by atoms with Crippen LogP contribution in [0.4, 0.5) is 0 Å². The van der Waals surface area contributed by atoms with E-state index in [4.69, 9.17) is 4.74 Å². The van der Waals surface area contributed by atoms with Gasteiger partial charge in [0.1, 0.15) is 0 Å². The highest BCUT2D eigenvalue weighted by atomic mass is 32.2. The molecule has 0 unspecified atom stereocenters.